The fourth-order valence-electron chi connectivity index (χ4n) is 2.74. The first-order valence-electron chi connectivity index (χ1n) is 8.74. The first kappa shape index (κ1) is 19.0. The fraction of sp³-hybridized carbons (Fsp3) is 0.429. The van der Waals surface area contributed by atoms with Gasteiger partial charge in [0.05, 0.1) is 29.7 Å². The van der Waals surface area contributed by atoms with Crippen LogP contribution in [0.15, 0.2) is 24.8 Å². The van der Waals surface area contributed by atoms with Crippen molar-refractivity contribution in [3.63, 3.8) is 0 Å². The molecule has 0 bridgehead atoms. The maximum atomic E-state index is 5.55. The number of rotatable bonds is 6. The number of anilines is 1. The Kier molecular flexibility index (Phi) is 5.83. The lowest BCUT2D eigenvalue weighted by molar-refractivity contribution is 0.397. The molecule has 4 heteroatoms. The van der Waals surface area contributed by atoms with E-state index in [0.29, 0.717) is 17.8 Å². The van der Waals surface area contributed by atoms with Gasteiger partial charge in [0.25, 0.3) is 0 Å². The first-order chi connectivity index (χ1) is 11.7. The van der Waals surface area contributed by atoms with Gasteiger partial charge in [0.2, 0.25) is 5.88 Å². The summed E-state index contributed by atoms with van der Waals surface area (Å²) in [7, 11) is 1.65. The van der Waals surface area contributed by atoms with Crippen molar-refractivity contribution >= 4 is 11.3 Å². The van der Waals surface area contributed by atoms with E-state index in [2.05, 4.69) is 57.6 Å². The number of nitrogens with one attached hydrogen (secondary N) is 1. The molecule has 0 aromatic carbocycles. The Morgan fingerprint density at radius 1 is 1.16 bits per heavy atom. The van der Waals surface area contributed by atoms with Crippen LogP contribution in [0.1, 0.15) is 57.5 Å². The molecule has 0 aliphatic rings. The molecular weight excluding hydrogens is 310 g/mol. The third-order valence-corrected chi connectivity index (χ3v) is 3.98. The van der Waals surface area contributed by atoms with Crippen LogP contribution in [0.3, 0.4) is 0 Å². The Hall–Kier alpha value is -2.36. The maximum Gasteiger partial charge on any atom is 0.222 e. The number of allylic oxidation sites excluding steroid dienone is 1. The highest BCUT2D eigenvalue weighted by atomic mass is 16.5. The second-order valence-corrected chi connectivity index (χ2v) is 7.08. The van der Waals surface area contributed by atoms with Crippen molar-refractivity contribution in [3.05, 3.63) is 41.7 Å². The number of ether oxygens (including phenoxy) is 1. The topological polar surface area (TPSA) is 47.0 Å². The highest BCUT2D eigenvalue weighted by Crippen LogP contribution is 2.34. The van der Waals surface area contributed by atoms with Crippen LogP contribution in [-0.4, -0.2) is 23.1 Å². The molecule has 0 atom stereocenters. The summed E-state index contributed by atoms with van der Waals surface area (Å²) in [6, 6.07) is 6.55. The molecular formula is C21H29N3O. The van der Waals surface area contributed by atoms with Gasteiger partial charge in [-0.1, -0.05) is 20.4 Å². The second-order valence-electron chi connectivity index (χ2n) is 7.08. The minimum absolute atomic E-state index is 0.326. The van der Waals surface area contributed by atoms with Crippen LogP contribution in [0, 0.1) is 6.92 Å². The summed E-state index contributed by atoms with van der Waals surface area (Å²) in [5.41, 5.74) is 6.69. The molecule has 0 saturated heterocycles. The summed E-state index contributed by atoms with van der Waals surface area (Å²) in [6.45, 7) is 16.6. The van der Waals surface area contributed by atoms with E-state index in [1.54, 1.807) is 7.11 Å². The van der Waals surface area contributed by atoms with Gasteiger partial charge in [-0.2, -0.15) is 0 Å². The maximum absolute atomic E-state index is 5.55. The number of hydrogen-bond acceptors (Lipinski definition) is 4. The van der Waals surface area contributed by atoms with Gasteiger partial charge < -0.3 is 10.1 Å². The highest BCUT2D eigenvalue weighted by Gasteiger charge is 2.17. The highest BCUT2D eigenvalue weighted by molar-refractivity contribution is 5.77. The molecule has 2 aromatic rings. The van der Waals surface area contributed by atoms with E-state index in [4.69, 9.17) is 9.72 Å². The van der Waals surface area contributed by atoms with Crippen LogP contribution in [0.5, 0.6) is 5.88 Å². The smallest absolute Gasteiger partial charge is 0.222 e. The van der Waals surface area contributed by atoms with Crippen LogP contribution in [0.2, 0.25) is 0 Å². The molecule has 0 radical (unpaired) electrons. The van der Waals surface area contributed by atoms with Gasteiger partial charge in [0.15, 0.2) is 0 Å². The number of pyridine rings is 2. The molecule has 0 aliphatic carbocycles. The minimum atomic E-state index is 0.326. The van der Waals surface area contributed by atoms with E-state index in [1.807, 2.05) is 19.1 Å². The van der Waals surface area contributed by atoms with E-state index in [1.165, 1.54) is 0 Å². The Morgan fingerprint density at radius 3 is 2.36 bits per heavy atom. The molecule has 2 rings (SSSR count). The summed E-state index contributed by atoms with van der Waals surface area (Å²) in [5.74, 6) is 0.958. The lowest BCUT2D eigenvalue weighted by Crippen LogP contribution is -2.13. The first-order valence-corrected chi connectivity index (χ1v) is 8.74. The number of aromatic nitrogens is 2. The van der Waals surface area contributed by atoms with Crippen molar-refractivity contribution in [1.82, 2.24) is 9.97 Å². The molecule has 0 aliphatic heterocycles. The summed E-state index contributed by atoms with van der Waals surface area (Å²) >= 11 is 0. The summed E-state index contributed by atoms with van der Waals surface area (Å²) < 4.78 is 5.55. The van der Waals surface area contributed by atoms with E-state index in [0.717, 1.165) is 39.5 Å². The van der Waals surface area contributed by atoms with E-state index in [-0.39, 0.29) is 0 Å². The zero-order valence-corrected chi connectivity index (χ0v) is 16.4. The van der Waals surface area contributed by atoms with E-state index in [9.17, 15) is 0 Å². The van der Waals surface area contributed by atoms with Crippen molar-refractivity contribution < 1.29 is 4.74 Å². The SMILES string of the molecule is C=C(C)c1nc(-c2ccc(C(C)C)nc2OC)c(C)cc1NC(C)C. The largest absolute Gasteiger partial charge is 0.480 e. The van der Waals surface area contributed by atoms with Gasteiger partial charge >= 0.3 is 0 Å². The average Bonchev–Trinajstić information content (AvgIpc) is 2.53. The van der Waals surface area contributed by atoms with Crippen molar-refractivity contribution in [2.75, 3.05) is 12.4 Å². The molecule has 2 aromatic heterocycles. The molecule has 0 spiro atoms. The van der Waals surface area contributed by atoms with Crippen molar-refractivity contribution in [2.45, 2.75) is 53.5 Å². The average molecular weight is 339 g/mol. The van der Waals surface area contributed by atoms with Crippen molar-refractivity contribution in [3.8, 4) is 17.1 Å². The van der Waals surface area contributed by atoms with E-state index >= 15 is 0 Å². The van der Waals surface area contributed by atoms with Gasteiger partial charge in [-0.05, 0) is 62.9 Å². The predicted octanol–water partition coefficient (Wildman–Crippen LogP) is 5.44. The molecule has 4 nitrogen and oxygen atoms in total. The molecule has 0 amide bonds. The number of aryl methyl sites for hydroxylation is 1. The standard InChI is InChI=1S/C21H29N3O/c1-12(2)17-10-9-16(21(23-17)25-8)20-15(7)11-18(22-14(5)6)19(24-20)13(3)4/h9-12,14,22H,3H2,1-2,4-8H3. The zero-order valence-electron chi connectivity index (χ0n) is 16.4. The molecule has 0 unspecified atom stereocenters. The molecule has 1 N–H and O–H groups in total. The van der Waals surface area contributed by atoms with Crippen LogP contribution in [-0.2, 0) is 0 Å². The number of nitrogens with zero attached hydrogens (tertiary/aromatic N) is 2. The van der Waals surface area contributed by atoms with Crippen LogP contribution in [0.4, 0.5) is 5.69 Å². The van der Waals surface area contributed by atoms with Crippen LogP contribution < -0.4 is 10.1 Å². The van der Waals surface area contributed by atoms with E-state index < -0.39 is 0 Å². The number of hydrogen-bond donors (Lipinski definition) is 1. The van der Waals surface area contributed by atoms with Gasteiger partial charge in [-0.15, -0.1) is 0 Å². The Morgan fingerprint density at radius 2 is 1.84 bits per heavy atom. The number of methoxy groups -OCH3 is 1. The van der Waals surface area contributed by atoms with Gasteiger partial charge in [0, 0.05) is 11.7 Å². The third kappa shape index (κ3) is 4.19. The molecule has 0 saturated carbocycles. The second kappa shape index (κ2) is 7.68. The Balaban J connectivity index is 2.63. The minimum Gasteiger partial charge on any atom is -0.480 e. The Bertz CT molecular complexity index is 779. The molecule has 2 heterocycles. The molecule has 0 fully saturated rings. The molecule has 134 valence electrons. The summed E-state index contributed by atoms with van der Waals surface area (Å²) in [4.78, 5) is 9.55. The zero-order chi connectivity index (χ0) is 18.7. The van der Waals surface area contributed by atoms with Crippen molar-refractivity contribution in [2.24, 2.45) is 0 Å². The summed E-state index contributed by atoms with van der Waals surface area (Å²) in [6.07, 6.45) is 0. The normalized spacial score (nSPS) is 11.1. The lowest BCUT2D eigenvalue weighted by atomic mass is 10.0. The van der Waals surface area contributed by atoms with Gasteiger partial charge in [-0.3, -0.25) is 0 Å². The monoisotopic (exact) mass is 339 g/mol. The van der Waals surface area contributed by atoms with Gasteiger partial charge in [-0.25, -0.2) is 9.97 Å². The summed E-state index contributed by atoms with van der Waals surface area (Å²) in [5, 5.41) is 3.46. The lowest BCUT2D eigenvalue weighted by Gasteiger charge is -2.18. The Labute approximate surface area is 151 Å². The van der Waals surface area contributed by atoms with Crippen molar-refractivity contribution in [1.29, 1.82) is 0 Å². The fourth-order valence-corrected chi connectivity index (χ4v) is 2.74. The van der Waals surface area contributed by atoms with Crippen LogP contribution in [0.25, 0.3) is 16.8 Å². The quantitative estimate of drug-likeness (QED) is 0.761. The van der Waals surface area contributed by atoms with Crippen LogP contribution >= 0.6 is 0 Å². The third-order valence-electron chi connectivity index (χ3n) is 3.98. The van der Waals surface area contributed by atoms with Gasteiger partial charge in [0.1, 0.15) is 0 Å². The predicted molar refractivity (Wildman–Crippen MR) is 106 cm³/mol. The molecule has 25 heavy (non-hydrogen) atoms.